The van der Waals surface area contributed by atoms with Gasteiger partial charge in [0.05, 0.1) is 0 Å². The highest BCUT2D eigenvalue weighted by atomic mass is 19.3. The Kier molecular flexibility index (Phi) is 4.20. The highest BCUT2D eigenvalue weighted by Gasteiger charge is 2.44. The Balaban J connectivity index is 1.94. The second kappa shape index (κ2) is 5.89. The van der Waals surface area contributed by atoms with E-state index in [4.69, 9.17) is 0 Å². The number of halogens is 2. The molecule has 1 atom stereocenters. The van der Waals surface area contributed by atoms with Crippen LogP contribution in [0.2, 0.25) is 0 Å². The third-order valence-electron chi connectivity index (χ3n) is 4.41. The lowest BCUT2D eigenvalue weighted by Gasteiger charge is -2.43. The van der Waals surface area contributed by atoms with E-state index in [1.54, 1.807) is 12.1 Å². The Hall–Kier alpha value is -1.44. The van der Waals surface area contributed by atoms with E-state index in [2.05, 4.69) is 19.7 Å². The van der Waals surface area contributed by atoms with Crippen LogP contribution in [0, 0.1) is 5.41 Å². The standard InChI is InChI=1S/C16H22F2N2O3/c1-15(2,10-21)14(20-7-5-19-6-8-20)11-3-4-12-13(9-11)23-16(17,18)22-12/h3-4,9,14,19,21H,5-8,10H2,1-2H3/t14-/m0/s1. The van der Waals surface area contributed by atoms with E-state index in [-0.39, 0.29) is 24.1 Å². The fraction of sp³-hybridized carbons (Fsp3) is 0.625. The number of fused-ring (bicyclic) bond motifs is 1. The van der Waals surface area contributed by atoms with Crippen molar-refractivity contribution in [2.75, 3.05) is 32.8 Å². The van der Waals surface area contributed by atoms with E-state index in [0.29, 0.717) is 0 Å². The summed E-state index contributed by atoms with van der Waals surface area (Å²) in [6.07, 6.45) is -3.61. The number of aliphatic hydroxyl groups excluding tert-OH is 1. The van der Waals surface area contributed by atoms with E-state index in [1.807, 2.05) is 13.8 Å². The van der Waals surface area contributed by atoms with Crippen molar-refractivity contribution in [2.24, 2.45) is 5.41 Å². The summed E-state index contributed by atoms with van der Waals surface area (Å²) in [6, 6.07) is 4.78. The van der Waals surface area contributed by atoms with Crippen molar-refractivity contribution < 1.29 is 23.4 Å². The summed E-state index contributed by atoms with van der Waals surface area (Å²) < 4.78 is 35.5. The quantitative estimate of drug-likeness (QED) is 0.885. The summed E-state index contributed by atoms with van der Waals surface area (Å²) >= 11 is 0. The molecule has 0 aromatic heterocycles. The van der Waals surface area contributed by atoms with E-state index in [9.17, 15) is 13.9 Å². The fourth-order valence-corrected chi connectivity index (χ4v) is 3.32. The van der Waals surface area contributed by atoms with Crippen molar-refractivity contribution in [3.63, 3.8) is 0 Å². The molecule has 3 rings (SSSR count). The summed E-state index contributed by atoms with van der Waals surface area (Å²) in [5, 5.41) is 13.1. The Morgan fingerprint density at radius 1 is 1.26 bits per heavy atom. The molecule has 1 fully saturated rings. The summed E-state index contributed by atoms with van der Waals surface area (Å²) in [5.74, 6) is 0.0842. The number of ether oxygens (including phenoxy) is 2. The van der Waals surface area contributed by atoms with Crippen molar-refractivity contribution in [1.82, 2.24) is 10.2 Å². The number of aliphatic hydroxyl groups is 1. The monoisotopic (exact) mass is 328 g/mol. The van der Waals surface area contributed by atoms with Gasteiger partial charge in [-0.3, -0.25) is 4.90 Å². The molecule has 23 heavy (non-hydrogen) atoms. The molecule has 0 bridgehead atoms. The number of nitrogens with one attached hydrogen (secondary N) is 1. The van der Waals surface area contributed by atoms with Gasteiger partial charge in [0.15, 0.2) is 11.5 Å². The van der Waals surface area contributed by atoms with Crippen molar-refractivity contribution in [3.8, 4) is 11.5 Å². The number of rotatable bonds is 4. The van der Waals surface area contributed by atoms with Crippen LogP contribution in [0.5, 0.6) is 11.5 Å². The van der Waals surface area contributed by atoms with Crippen LogP contribution in [0.15, 0.2) is 18.2 Å². The smallest absolute Gasteiger partial charge is 0.396 e. The van der Waals surface area contributed by atoms with Crippen LogP contribution < -0.4 is 14.8 Å². The van der Waals surface area contributed by atoms with Crippen LogP contribution in [-0.2, 0) is 0 Å². The van der Waals surface area contributed by atoms with Crippen molar-refractivity contribution in [3.05, 3.63) is 23.8 Å². The molecule has 1 aromatic rings. The summed E-state index contributed by atoms with van der Waals surface area (Å²) in [5.41, 5.74) is 0.416. The highest BCUT2D eigenvalue weighted by molar-refractivity contribution is 5.46. The third kappa shape index (κ3) is 3.27. The van der Waals surface area contributed by atoms with Crippen LogP contribution in [0.25, 0.3) is 0 Å². The van der Waals surface area contributed by atoms with E-state index in [0.717, 1.165) is 31.7 Å². The first-order valence-corrected chi connectivity index (χ1v) is 7.78. The lowest BCUT2D eigenvalue weighted by atomic mass is 9.79. The molecule has 1 aromatic carbocycles. The summed E-state index contributed by atoms with van der Waals surface area (Å²) in [7, 11) is 0. The van der Waals surface area contributed by atoms with Crippen LogP contribution in [0.3, 0.4) is 0 Å². The van der Waals surface area contributed by atoms with Gasteiger partial charge >= 0.3 is 6.29 Å². The van der Waals surface area contributed by atoms with Gasteiger partial charge in [-0.05, 0) is 17.7 Å². The SMILES string of the molecule is CC(C)(CO)[C@H](c1ccc2c(c1)OC(F)(F)O2)N1CCNCC1. The van der Waals surface area contributed by atoms with Gasteiger partial charge < -0.3 is 19.9 Å². The first-order valence-electron chi connectivity index (χ1n) is 7.78. The van der Waals surface area contributed by atoms with Crippen LogP contribution in [0.1, 0.15) is 25.5 Å². The minimum atomic E-state index is -3.61. The van der Waals surface area contributed by atoms with Gasteiger partial charge in [-0.1, -0.05) is 19.9 Å². The lowest BCUT2D eigenvalue weighted by molar-refractivity contribution is -0.286. The number of piperazine rings is 1. The van der Waals surface area contributed by atoms with Crippen molar-refractivity contribution >= 4 is 0 Å². The van der Waals surface area contributed by atoms with Crippen molar-refractivity contribution in [1.29, 1.82) is 0 Å². The molecule has 128 valence electrons. The predicted molar refractivity (Wildman–Crippen MR) is 80.7 cm³/mol. The molecule has 7 heteroatoms. The molecule has 0 spiro atoms. The van der Waals surface area contributed by atoms with Gasteiger partial charge in [-0.25, -0.2) is 0 Å². The first kappa shape index (κ1) is 16.4. The largest absolute Gasteiger partial charge is 0.586 e. The molecule has 0 unspecified atom stereocenters. The zero-order chi connectivity index (χ0) is 16.7. The van der Waals surface area contributed by atoms with Crippen LogP contribution in [-0.4, -0.2) is 49.1 Å². The Labute approximate surface area is 134 Å². The number of benzene rings is 1. The van der Waals surface area contributed by atoms with E-state index in [1.165, 1.54) is 6.07 Å². The molecule has 2 heterocycles. The maximum absolute atomic E-state index is 13.2. The Morgan fingerprint density at radius 3 is 2.57 bits per heavy atom. The third-order valence-corrected chi connectivity index (χ3v) is 4.41. The minimum absolute atomic E-state index is 0.00774. The molecular formula is C16H22F2N2O3. The molecule has 1 saturated heterocycles. The lowest BCUT2D eigenvalue weighted by Crippen LogP contribution is -2.49. The molecule has 0 amide bonds. The zero-order valence-corrected chi connectivity index (χ0v) is 13.3. The summed E-state index contributed by atoms with van der Waals surface area (Å²) in [4.78, 5) is 2.27. The topological polar surface area (TPSA) is 54.0 Å². The fourth-order valence-electron chi connectivity index (χ4n) is 3.32. The van der Waals surface area contributed by atoms with Gasteiger partial charge in [0, 0.05) is 44.2 Å². The van der Waals surface area contributed by atoms with E-state index >= 15 is 0 Å². The molecule has 2 N–H and O–H groups in total. The zero-order valence-electron chi connectivity index (χ0n) is 13.3. The molecule has 5 nitrogen and oxygen atoms in total. The van der Waals surface area contributed by atoms with Gasteiger partial charge in [0.2, 0.25) is 0 Å². The normalized spacial score (nSPS) is 22.1. The number of nitrogens with zero attached hydrogens (tertiary/aromatic N) is 1. The van der Waals surface area contributed by atoms with Crippen LogP contribution in [0.4, 0.5) is 8.78 Å². The van der Waals surface area contributed by atoms with Gasteiger partial charge in [0.1, 0.15) is 0 Å². The maximum Gasteiger partial charge on any atom is 0.586 e. The average molecular weight is 328 g/mol. The predicted octanol–water partition coefficient (Wildman–Crippen LogP) is 1.97. The number of hydrogen-bond donors (Lipinski definition) is 2. The van der Waals surface area contributed by atoms with Crippen molar-refractivity contribution in [2.45, 2.75) is 26.2 Å². The minimum Gasteiger partial charge on any atom is -0.396 e. The first-order chi connectivity index (χ1) is 10.8. The Morgan fingerprint density at radius 2 is 1.91 bits per heavy atom. The van der Waals surface area contributed by atoms with Gasteiger partial charge in [-0.2, -0.15) is 0 Å². The molecule has 0 saturated carbocycles. The molecule has 0 aliphatic carbocycles. The maximum atomic E-state index is 13.2. The second-order valence-electron chi connectivity index (χ2n) is 6.71. The molecule has 0 radical (unpaired) electrons. The molecule has 2 aliphatic heterocycles. The highest BCUT2D eigenvalue weighted by Crippen LogP contribution is 2.45. The summed E-state index contributed by atoms with van der Waals surface area (Å²) in [6.45, 7) is 7.32. The van der Waals surface area contributed by atoms with Crippen LogP contribution >= 0.6 is 0 Å². The average Bonchev–Trinajstić information content (AvgIpc) is 2.81. The molecular weight excluding hydrogens is 306 g/mol. The second-order valence-corrected chi connectivity index (χ2v) is 6.71. The number of alkyl halides is 2. The molecule has 2 aliphatic rings. The van der Waals surface area contributed by atoms with Gasteiger partial charge in [0.25, 0.3) is 0 Å². The van der Waals surface area contributed by atoms with E-state index < -0.39 is 11.7 Å². The number of hydrogen-bond acceptors (Lipinski definition) is 5. The van der Waals surface area contributed by atoms with Gasteiger partial charge in [-0.15, -0.1) is 8.78 Å². The Bertz CT molecular complexity index is 574.